The molecule has 1 saturated heterocycles. The second kappa shape index (κ2) is 9.05. The van der Waals surface area contributed by atoms with Gasteiger partial charge in [-0.25, -0.2) is 0 Å². The Bertz CT molecular complexity index is 624. The number of hydrogen-bond acceptors (Lipinski definition) is 4. The van der Waals surface area contributed by atoms with Gasteiger partial charge in [0, 0.05) is 25.2 Å². The fourth-order valence-corrected chi connectivity index (χ4v) is 2.58. The van der Waals surface area contributed by atoms with E-state index in [4.69, 9.17) is 9.73 Å². The first-order valence-corrected chi connectivity index (χ1v) is 8.39. The van der Waals surface area contributed by atoms with E-state index in [9.17, 15) is 0 Å². The minimum absolute atomic E-state index is 0.758. The number of aliphatic imine (C=N–C) groups is 1. The molecule has 1 aliphatic heterocycles. The number of nitrogens with zero attached hydrogens (tertiary/aromatic N) is 2. The molecule has 0 saturated carbocycles. The Hall–Kier alpha value is -2.37. The van der Waals surface area contributed by atoms with E-state index in [2.05, 4.69) is 27.9 Å². The van der Waals surface area contributed by atoms with Crippen LogP contribution in [0, 0.1) is 0 Å². The Morgan fingerprint density at radius 3 is 2.33 bits per heavy atom. The summed E-state index contributed by atoms with van der Waals surface area (Å²) in [6.07, 6.45) is 0. The highest BCUT2D eigenvalue weighted by Crippen LogP contribution is 2.05. The molecule has 3 rings (SSSR count). The standard InChI is InChI=1S/C19H24N4O/c1-3-7-17(8-4-1)19(22-21-18-9-5-2-6-10-18)20-11-12-23-13-15-24-16-14-23/h1-10,21H,11-16H2,(H,20,22). The van der Waals surface area contributed by atoms with Crippen molar-refractivity contribution in [3.05, 3.63) is 66.2 Å². The van der Waals surface area contributed by atoms with E-state index in [1.54, 1.807) is 0 Å². The lowest BCUT2D eigenvalue weighted by molar-refractivity contribution is 0.0394. The third kappa shape index (κ3) is 5.08. The first-order valence-electron chi connectivity index (χ1n) is 8.39. The number of benzene rings is 2. The van der Waals surface area contributed by atoms with Gasteiger partial charge in [-0.1, -0.05) is 48.5 Å². The molecule has 126 valence electrons. The Morgan fingerprint density at radius 2 is 1.62 bits per heavy atom. The summed E-state index contributed by atoms with van der Waals surface area (Å²) in [5, 5.41) is 0. The number of morpholine rings is 1. The molecule has 24 heavy (non-hydrogen) atoms. The quantitative estimate of drug-likeness (QED) is 0.487. The highest BCUT2D eigenvalue weighted by atomic mass is 16.5. The third-order valence-corrected chi connectivity index (χ3v) is 3.94. The lowest BCUT2D eigenvalue weighted by atomic mass is 10.2. The molecule has 2 N–H and O–H groups in total. The minimum atomic E-state index is 0.758. The second-order valence-corrected chi connectivity index (χ2v) is 5.67. The van der Waals surface area contributed by atoms with Gasteiger partial charge in [-0.3, -0.25) is 20.7 Å². The number of hydrazine groups is 1. The Kier molecular flexibility index (Phi) is 6.22. The number of amidine groups is 1. The third-order valence-electron chi connectivity index (χ3n) is 3.94. The highest BCUT2D eigenvalue weighted by Gasteiger charge is 2.09. The maximum absolute atomic E-state index is 5.38. The van der Waals surface area contributed by atoms with Gasteiger partial charge in [0.1, 0.15) is 5.84 Å². The van der Waals surface area contributed by atoms with Crippen molar-refractivity contribution in [1.29, 1.82) is 0 Å². The van der Waals surface area contributed by atoms with Crippen LogP contribution in [0.3, 0.4) is 0 Å². The zero-order valence-corrected chi connectivity index (χ0v) is 13.8. The van der Waals surface area contributed by atoms with Crippen LogP contribution in [-0.4, -0.2) is 50.1 Å². The molecular weight excluding hydrogens is 300 g/mol. The van der Waals surface area contributed by atoms with Gasteiger partial charge < -0.3 is 4.74 Å². The summed E-state index contributed by atoms with van der Waals surface area (Å²) >= 11 is 0. The number of para-hydroxylation sites is 1. The number of rotatable bonds is 6. The predicted molar refractivity (Wildman–Crippen MR) is 98.3 cm³/mol. The maximum atomic E-state index is 5.38. The number of hydrogen-bond donors (Lipinski definition) is 2. The summed E-state index contributed by atoms with van der Waals surface area (Å²) in [6, 6.07) is 20.2. The highest BCUT2D eigenvalue weighted by molar-refractivity contribution is 5.99. The number of ether oxygens (including phenoxy) is 1. The van der Waals surface area contributed by atoms with Crippen molar-refractivity contribution in [1.82, 2.24) is 10.3 Å². The molecule has 1 fully saturated rings. The van der Waals surface area contributed by atoms with Gasteiger partial charge in [-0.2, -0.15) is 0 Å². The molecule has 2 aromatic rings. The van der Waals surface area contributed by atoms with Crippen LogP contribution in [0.4, 0.5) is 5.69 Å². The largest absolute Gasteiger partial charge is 0.379 e. The topological polar surface area (TPSA) is 48.9 Å². The van der Waals surface area contributed by atoms with E-state index in [-0.39, 0.29) is 0 Å². The van der Waals surface area contributed by atoms with Gasteiger partial charge in [0.15, 0.2) is 0 Å². The zero-order valence-electron chi connectivity index (χ0n) is 13.8. The van der Waals surface area contributed by atoms with Crippen LogP contribution in [0.5, 0.6) is 0 Å². The summed E-state index contributed by atoms with van der Waals surface area (Å²) in [7, 11) is 0. The van der Waals surface area contributed by atoms with E-state index in [0.29, 0.717) is 0 Å². The first kappa shape index (κ1) is 16.5. The van der Waals surface area contributed by atoms with Crippen LogP contribution in [0.1, 0.15) is 5.56 Å². The lowest BCUT2D eigenvalue weighted by Crippen LogP contribution is -2.38. The molecule has 0 bridgehead atoms. The van der Waals surface area contributed by atoms with Crippen LogP contribution in [-0.2, 0) is 4.74 Å². The molecule has 5 heteroatoms. The molecule has 1 heterocycles. The second-order valence-electron chi connectivity index (χ2n) is 5.67. The van der Waals surface area contributed by atoms with Crippen LogP contribution in [0.25, 0.3) is 0 Å². The first-order chi connectivity index (χ1) is 11.9. The van der Waals surface area contributed by atoms with Gasteiger partial charge in [0.25, 0.3) is 0 Å². The summed E-state index contributed by atoms with van der Waals surface area (Å²) in [4.78, 5) is 7.15. The average molecular weight is 324 g/mol. The molecule has 0 aromatic heterocycles. The summed E-state index contributed by atoms with van der Waals surface area (Å²) in [6.45, 7) is 5.34. The predicted octanol–water partition coefficient (Wildman–Crippen LogP) is 2.38. The fourth-order valence-electron chi connectivity index (χ4n) is 2.58. The van der Waals surface area contributed by atoms with Crippen LogP contribution >= 0.6 is 0 Å². The van der Waals surface area contributed by atoms with E-state index in [1.165, 1.54) is 0 Å². The van der Waals surface area contributed by atoms with Crippen molar-refractivity contribution >= 4 is 11.5 Å². The lowest BCUT2D eigenvalue weighted by Gasteiger charge is -2.25. The maximum Gasteiger partial charge on any atom is 0.147 e. The van der Waals surface area contributed by atoms with Crippen molar-refractivity contribution in [3.8, 4) is 0 Å². The summed E-state index contributed by atoms with van der Waals surface area (Å²) in [5.74, 6) is 0.854. The summed E-state index contributed by atoms with van der Waals surface area (Å²) < 4.78 is 5.38. The van der Waals surface area contributed by atoms with Gasteiger partial charge in [0.2, 0.25) is 0 Å². The fraction of sp³-hybridized carbons (Fsp3) is 0.316. The molecule has 0 spiro atoms. The van der Waals surface area contributed by atoms with Gasteiger partial charge >= 0.3 is 0 Å². The van der Waals surface area contributed by atoms with Crippen LogP contribution < -0.4 is 10.9 Å². The normalized spacial score (nSPS) is 15.9. The van der Waals surface area contributed by atoms with Crippen molar-refractivity contribution in [2.75, 3.05) is 44.8 Å². The monoisotopic (exact) mass is 324 g/mol. The Labute approximate surface area is 143 Å². The molecule has 0 unspecified atom stereocenters. The van der Waals surface area contributed by atoms with Crippen molar-refractivity contribution in [3.63, 3.8) is 0 Å². The average Bonchev–Trinajstić information content (AvgIpc) is 2.67. The van der Waals surface area contributed by atoms with E-state index in [1.807, 2.05) is 48.5 Å². The zero-order chi connectivity index (χ0) is 16.5. The van der Waals surface area contributed by atoms with Gasteiger partial charge in [0.05, 0.1) is 25.4 Å². The molecular formula is C19H24N4O. The Morgan fingerprint density at radius 1 is 0.958 bits per heavy atom. The molecule has 1 aliphatic rings. The van der Waals surface area contributed by atoms with Crippen molar-refractivity contribution in [2.24, 2.45) is 4.99 Å². The Balaban J connectivity index is 1.61. The molecule has 5 nitrogen and oxygen atoms in total. The van der Waals surface area contributed by atoms with Gasteiger partial charge in [-0.15, -0.1) is 0 Å². The van der Waals surface area contributed by atoms with E-state index >= 15 is 0 Å². The van der Waals surface area contributed by atoms with E-state index in [0.717, 1.165) is 56.5 Å². The minimum Gasteiger partial charge on any atom is -0.379 e. The molecule has 2 aromatic carbocycles. The molecule has 0 atom stereocenters. The smallest absolute Gasteiger partial charge is 0.147 e. The van der Waals surface area contributed by atoms with Crippen LogP contribution in [0.15, 0.2) is 65.7 Å². The van der Waals surface area contributed by atoms with Gasteiger partial charge in [-0.05, 0) is 12.1 Å². The number of nitrogens with one attached hydrogen (secondary N) is 2. The SMILES string of the molecule is c1ccc(NNC(=NCCN2CCOCC2)c2ccccc2)cc1. The molecule has 0 radical (unpaired) electrons. The van der Waals surface area contributed by atoms with E-state index < -0.39 is 0 Å². The summed E-state index contributed by atoms with van der Waals surface area (Å²) in [5.41, 5.74) is 8.54. The molecule has 0 amide bonds. The molecule has 0 aliphatic carbocycles. The van der Waals surface area contributed by atoms with Crippen molar-refractivity contribution in [2.45, 2.75) is 0 Å². The van der Waals surface area contributed by atoms with Crippen molar-refractivity contribution < 1.29 is 4.74 Å². The number of anilines is 1. The van der Waals surface area contributed by atoms with Crippen LogP contribution in [0.2, 0.25) is 0 Å².